The van der Waals surface area contributed by atoms with Gasteiger partial charge in [-0.2, -0.15) is 0 Å². The van der Waals surface area contributed by atoms with Crippen molar-refractivity contribution in [2.45, 2.75) is 12.5 Å². The molecular weight excluding hydrogens is 226 g/mol. The average molecular weight is 241 g/mol. The molecule has 0 N–H and O–H groups in total. The van der Waals surface area contributed by atoms with Gasteiger partial charge in [-0.1, -0.05) is 6.08 Å². The number of anilines is 1. The molecule has 0 aliphatic carbocycles. The Morgan fingerprint density at radius 2 is 2.17 bits per heavy atom. The third-order valence-corrected chi connectivity index (χ3v) is 3.19. The number of hydrogen-bond donors (Lipinski definition) is 0. The van der Waals surface area contributed by atoms with Gasteiger partial charge in [-0.05, 0) is 24.3 Å². The van der Waals surface area contributed by atoms with Crippen molar-refractivity contribution in [2.24, 2.45) is 5.92 Å². The summed E-state index contributed by atoms with van der Waals surface area (Å²) in [6.45, 7) is 3.77. The van der Waals surface area contributed by atoms with Gasteiger partial charge in [0, 0.05) is 12.1 Å². The van der Waals surface area contributed by atoms with Crippen LogP contribution in [0.5, 0.6) is 5.75 Å². The van der Waals surface area contributed by atoms with Gasteiger partial charge in [0.2, 0.25) is 5.91 Å². The minimum atomic E-state index is -0.130. The second-order valence-electron chi connectivity index (χ2n) is 4.15. The van der Waals surface area contributed by atoms with E-state index < -0.39 is 0 Å². The molecule has 1 fully saturated rings. The first-order chi connectivity index (χ1) is 8.72. The van der Waals surface area contributed by atoms with Gasteiger partial charge in [-0.15, -0.1) is 18.9 Å². The maximum Gasteiger partial charge on any atom is 0.234 e. The van der Waals surface area contributed by atoms with E-state index in [-0.39, 0.29) is 17.9 Å². The lowest BCUT2D eigenvalue weighted by atomic mass is 9.84. The van der Waals surface area contributed by atoms with Gasteiger partial charge in [0.1, 0.15) is 5.75 Å². The summed E-state index contributed by atoms with van der Waals surface area (Å²) in [5.41, 5.74) is 0.846. The zero-order valence-corrected chi connectivity index (χ0v) is 10.3. The van der Waals surface area contributed by atoms with E-state index in [4.69, 9.17) is 11.2 Å². The molecule has 0 aromatic heterocycles. The fourth-order valence-electron chi connectivity index (χ4n) is 2.22. The minimum Gasteiger partial charge on any atom is -0.497 e. The van der Waals surface area contributed by atoms with E-state index in [1.807, 2.05) is 24.3 Å². The molecule has 1 aromatic rings. The molecule has 1 aliphatic rings. The first kappa shape index (κ1) is 12.3. The molecular formula is C15H15NO2. The lowest BCUT2D eigenvalue weighted by molar-refractivity contribution is -0.128. The van der Waals surface area contributed by atoms with Gasteiger partial charge < -0.3 is 9.64 Å². The molecule has 0 bridgehead atoms. The Kier molecular flexibility index (Phi) is 3.38. The molecule has 3 heteroatoms. The SMILES string of the molecule is C#CC[C@@H]1C(=O)N(c2ccc(OC)cc2)[C@@H]1C=C. The molecule has 0 spiro atoms. The normalized spacial score (nSPS) is 22.0. The van der Waals surface area contributed by atoms with Crippen molar-refractivity contribution in [1.82, 2.24) is 0 Å². The Hall–Kier alpha value is -2.21. The molecule has 18 heavy (non-hydrogen) atoms. The van der Waals surface area contributed by atoms with E-state index in [2.05, 4.69) is 12.5 Å². The fraction of sp³-hybridized carbons (Fsp3) is 0.267. The molecule has 0 saturated carbocycles. The predicted molar refractivity (Wildman–Crippen MR) is 71.4 cm³/mol. The highest BCUT2D eigenvalue weighted by Crippen LogP contribution is 2.35. The molecule has 0 unspecified atom stereocenters. The summed E-state index contributed by atoms with van der Waals surface area (Å²) in [5, 5.41) is 0. The van der Waals surface area contributed by atoms with Crippen LogP contribution in [-0.2, 0) is 4.79 Å². The van der Waals surface area contributed by atoms with Crippen molar-refractivity contribution >= 4 is 11.6 Å². The molecule has 1 amide bonds. The zero-order chi connectivity index (χ0) is 13.1. The molecule has 1 aromatic carbocycles. The second kappa shape index (κ2) is 4.97. The van der Waals surface area contributed by atoms with Crippen LogP contribution in [0.25, 0.3) is 0 Å². The number of carbonyl (C=O) groups excluding carboxylic acids is 1. The Morgan fingerprint density at radius 3 is 2.67 bits per heavy atom. The third kappa shape index (κ3) is 1.86. The van der Waals surface area contributed by atoms with E-state index in [1.165, 1.54) is 0 Å². The molecule has 3 nitrogen and oxygen atoms in total. The van der Waals surface area contributed by atoms with E-state index in [0.717, 1.165) is 11.4 Å². The molecule has 0 radical (unpaired) electrons. The minimum absolute atomic E-state index is 0.0121. The Balaban J connectivity index is 2.20. The monoisotopic (exact) mass is 241 g/mol. The van der Waals surface area contributed by atoms with Crippen molar-refractivity contribution < 1.29 is 9.53 Å². The maximum atomic E-state index is 12.0. The first-order valence-electron chi connectivity index (χ1n) is 5.76. The van der Waals surface area contributed by atoms with Crippen LogP contribution in [0.1, 0.15) is 6.42 Å². The highest BCUT2D eigenvalue weighted by Gasteiger charge is 2.45. The van der Waals surface area contributed by atoms with Crippen LogP contribution in [-0.4, -0.2) is 19.1 Å². The lowest BCUT2D eigenvalue weighted by Gasteiger charge is -2.45. The Morgan fingerprint density at radius 1 is 1.50 bits per heavy atom. The molecule has 1 aliphatic heterocycles. The summed E-state index contributed by atoms with van der Waals surface area (Å²) in [6.07, 6.45) is 7.50. The van der Waals surface area contributed by atoms with Crippen molar-refractivity contribution in [3.8, 4) is 18.1 Å². The number of terminal acetylenes is 1. The first-order valence-corrected chi connectivity index (χ1v) is 5.76. The number of nitrogens with zero attached hydrogens (tertiary/aromatic N) is 1. The quantitative estimate of drug-likeness (QED) is 0.459. The number of benzene rings is 1. The summed E-state index contributed by atoms with van der Waals surface area (Å²) in [6, 6.07) is 7.37. The van der Waals surface area contributed by atoms with Gasteiger partial charge in [0.15, 0.2) is 0 Å². The standard InChI is InChI=1S/C15H15NO2/c1-4-6-13-14(5-2)16(15(13)17)11-7-9-12(18-3)10-8-11/h1,5,7-10,13-14H,2,6H2,3H3/t13-,14+/m0/s1. The number of hydrogen-bond acceptors (Lipinski definition) is 2. The van der Waals surface area contributed by atoms with Gasteiger partial charge >= 0.3 is 0 Å². The number of carbonyl (C=O) groups is 1. The van der Waals surface area contributed by atoms with Crippen LogP contribution in [0, 0.1) is 18.3 Å². The summed E-state index contributed by atoms with van der Waals surface area (Å²) in [4.78, 5) is 13.7. The molecule has 2 atom stereocenters. The largest absolute Gasteiger partial charge is 0.497 e. The van der Waals surface area contributed by atoms with Crippen LogP contribution in [0.4, 0.5) is 5.69 Å². The molecule has 1 heterocycles. The van der Waals surface area contributed by atoms with Gasteiger partial charge in [-0.25, -0.2) is 0 Å². The van der Waals surface area contributed by atoms with Crippen LogP contribution in [0.15, 0.2) is 36.9 Å². The molecule has 1 saturated heterocycles. The second-order valence-corrected chi connectivity index (χ2v) is 4.15. The number of amides is 1. The van der Waals surface area contributed by atoms with Crippen LogP contribution < -0.4 is 9.64 Å². The fourth-order valence-corrected chi connectivity index (χ4v) is 2.22. The molecule has 2 rings (SSSR count). The highest BCUT2D eigenvalue weighted by molar-refractivity contribution is 6.03. The number of rotatable bonds is 4. The van der Waals surface area contributed by atoms with Crippen LogP contribution in [0.3, 0.4) is 0 Å². The Bertz CT molecular complexity index is 498. The number of ether oxygens (including phenoxy) is 1. The summed E-state index contributed by atoms with van der Waals surface area (Å²) in [7, 11) is 1.61. The van der Waals surface area contributed by atoms with E-state index >= 15 is 0 Å². The Labute approximate surface area is 107 Å². The van der Waals surface area contributed by atoms with Gasteiger partial charge in [0.25, 0.3) is 0 Å². The van der Waals surface area contributed by atoms with Crippen LogP contribution >= 0.6 is 0 Å². The van der Waals surface area contributed by atoms with Gasteiger partial charge in [0.05, 0.1) is 19.1 Å². The van der Waals surface area contributed by atoms with E-state index in [9.17, 15) is 4.79 Å². The highest BCUT2D eigenvalue weighted by atomic mass is 16.5. The van der Waals surface area contributed by atoms with Crippen molar-refractivity contribution in [2.75, 3.05) is 12.0 Å². The van der Waals surface area contributed by atoms with Gasteiger partial charge in [-0.3, -0.25) is 4.79 Å². The van der Waals surface area contributed by atoms with Crippen molar-refractivity contribution in [1.29, 1.82) is 0 Å². The number of methoxy groups -OCH3 is 1. The zero-order valence-electron chi connectivity index (χ0n) is 10.3. The third-order valence-electron chi connectivity index (χ3n) is 3.19. The van der Waals surface area contributed by atoms with Crippen molar-refractivity contribution in [3.05, 3.63) is 36.9 Å². The predicted octanol–water partition coefficient (Wildman–Crippen LogP) is 2.24. The topological polar surface area (TPSA) is 29.5 Å². The number of β-lactam (4-membered cyclic amide) rings is 1. The smallest absolute Gasteiger partial charge is 0.234 e. The summed E-state index contributed by atoms with van der Waals surface area (Å²) >= 11 is 0. The molecule has 92 valence electrons. The van der Waals surface area contributed by atoms with E-state index in [0.29, 0.717) is 6.42 Å². The maximum absolute atomic E-state index is 12.0. The van der Waals surface area contributed by atoms with E-state index in [1.54, 1.807) is 18.1 Å². The average Bonchev–Trinajstić information content (AvgIpc) is 2.42. The van der Waals surface area contributed by atoms with Crippen molar-refractivity contribution in [3.63, 3.8) is 0 Å². The summed E-state index contributed by atoms with van der Waals surface area (Å²) < 4.78 is 5.09. The lowest BCUT2D eigenvalue weighted by Crippen LogP contribution is -2.60. The summed E-state index contributed by atoms with van der Waals surface area (Å²) in [5.74, 6) is 3.23. The van der Waals surface area contributed by atoms with Crippen LogP contribution in [0.2, 0.25) is 0 Å².